The van der Waals surface area contributed by atoms with Gasteiger partial charge >= 0.3 is 6.03 Å². The first-order valence-corrected chi connectivity index (χ1v) is 9.97. The van der Waals surface area contributed by atoms with Crippen LogP contribution in [0.25, 0.3) is 5.82 Å². The summed E-state index contributed by atoms with van der Waals surface area (Å²) < 4.78 is 3.12. The Morgan fingerprint density at radius 3 is 2.82 bits per heavy atom. The summed E-state index contributed by atoms with van der Waals surface area (Å²) in [5.41, 5.74) is -0.129. The van der Waals surface area contributed by atoms with E-state index in [0.717, 1.165) is 17.7 Å². The Balaban J connectivity index is 1.35. The van der Waals surface area contributed by atoms with Gasteiger partial charge < -0.3 is 4.90 Å². The van der Waals surface area contributed by atoms with E-state index in [4.69, 9.17) is 0 Å². The summed E-state index contributed by atoms with van der Waals surface area (Å²) in [5, 5.41) is 12.0. The lowest BCUT2D eigenvalue weighted by atomic mass is 9.97. The van der Waals surface area contributed by atoms with Gasteiger partial charge in [0, 0.05) is 49.2 Å². The van der Waals surface area contributed by atoms with Gasteiger partial charge in [0.25, 0.3) is 5.56 Å². The Kier molecular flexibility index (Phi) is 5.20. The molecule has 28 heavy (non-hydrogen) atoms. The molecule has 0 aliphatic carbocycles. The predicted octanol–water partition coefficient (Wildman–Crippen LogP) is 2.14. The van der Waals surface area contributed by atoms with Crippen molar-refractivity contribution in [3.05, 3.63) is 52.0 Å². The molecule has 1 N–H and O–H groups in total. The molecule has 0 spiro atoms. The number of urea groups is 1. The van der Waals surface area contributed by atoms with Crippen molar-refractivity contribution in [2.45, 2.75) is 26.3 Å². The molecule has 0 bridgehead atoms. The Labute approximate surface area is 165 Å². The van der Waals surface area contributed by atoms with E-state index in [2.05, 4.69) is 20.5 Å². The second kappa shape index (κ2) is 7.93. The third-order valence-corrected chi connectivity index (χ3v) is 5.59. The van der Waals surface area contributed by atoms with Gasteiger partial charge in [-0.3, -0.25) is 10.1 Å². The predicted molar refractivity (Wildman–Crippen MR) is 106 cm³/mol. The highest BCUT2D eigenvalue weighted by atomic mass is 32.1. The number of amides is 2. The van der Waals surface area contributed by atoms with Crippen molar-refractivity contribution in [2.75, 3.05) is 18.4 Å². The van der Waals surface area contributed by atoms with E-state index in [-0.39, 0.29) is 11.6 Å². The van der Waals surface area contributed by atoms with E-state index in [1.54, 1.807) is 34.2 Å². The minimum absolute atomic E-state index is 0.122. The number of aryl methyl sites for hydroxylation is 1. The van der Waals surface area contributed by atoms with Gasteiger partial charge in [0.15, 0.2) is 10.9 Å². The fourth-order valence-electron chi connectivity index (χ4n) is 3.24. The Morgan fingerprint density at radius 2 is 2.14 bits per heavy atom. The second-order valence-electron chi connectivity index (χ2n) is 6.80. The number of likely N-dealkylation sites (tertiary alicyclic amines) is 1. The van der Waals surface area contributed by atoms with E-state index in [0.29, 0.717) is 36.5 Å². The molecule has 0 radical (unpaired) electrons. The molecule has 4 heterocycles. The van der Waals surface area contributed by atoms with Gasteiger partial charge in [-0.25, -0.2) is 19.1 Å². The molecule has 0 aromatic carbocycles. The van der Waals surface area contributed by atoms with Crippen LogP contribution >= 0.6 is 11.3 Å². The molecule has 2 amide bonds. The van der Waals surface area contributed by atoms with Crippen LogP contribution in [0.4, 0.5) is 9.93 Å². The zero-order chi connectivity index (χ0) is 19.5. The number of nitrogens with zero attached hydrogens (tertiary/aromatic N) is 6. The summed E-state index contributed by atoms with van der Waals surface area (Å²) in [7, 11) is 0. The summed E-state index contributed by atoms with van der Waals surface area (Å²) in [5.74, 6) is 0.907. The Bertz CT molecular complexity index is 1000. The minimum atomic E-state index is -0.129. The largest absolute Gasteiger partial charge is 0.324 e. The molecule has 10 heteroatoms. The van der Waals surface area contributed by atoms with Crippen molar-refractivity contribution in [1.29, 1.82) is 0 Å². The number of hydrogen-bond donors (Lipinski definition) is 1. The van der Waals surface area contributed by atoms with Crippen LogP contribution in [-0.2, 0) is 6.54 Å². The van der Waals surface area contributed by atoms with Crippen molar-refractivity contribution in [3.8, 4) is 5.82 Å². The molecule has 4 rings (SSSR count). The molecule has 3 aromatic heterocycles. The SMILES string of the molecule is Cc1cnc(NC(=O)N2CCC(Cn3nc(-n4cccn4)ccc3=O)CC2)s1. The number of rotatable bonds is 4. The lowest BCUT2D eigenvalue weighted by molar-refractivity contribution is 0.174. The van der Waals surface area contributed by atoms with Crippen LogP contribution in [0.2, 0.25) is 0 Å². The van der Waals surface area contributed by atoms with E-state index in [1.165, 1.54) is 22.1 Å². The number of hydrogen-bond acceptors (Lipinski definition) is 6. The first kappa shape index (κ1) is 18.4. The molecule has 1 saturated heterocycles. The summed E-state index contributed by atoms with van der Waals surface area (Å²) in [6.07, 6.45) is 6.85. The van der Waals surface area contributed by atoms with Crippen LogP contribution in [0.15, 0.2) is 41.6 Å². The van der Waals surface area contributed by atoms with Gasteiger partial charge in [0.1, 0.15) is 0 Å². The molecule has 0 saturated carbocycles. The lowest BCUT2D eigenvalue weighted by Gasteiger charge is -2.31. The van der Waals surface area contributed by atoms with Gasteiger partial charge in [-0.1, -0.05) is 0 Å². The van der Waals surface area contributed by atoms with Crippen LogP contribution in [0.5, 0.6) is 0 Å². The summed E-state index contributed by atoms with van der Waals surface area (Å²) in [6.45, 7) is 3.79. The number of thiazole rings is 1. The van der Waals surface area contributed by atoms with Gasteiger partial charge in [-0.05, 0) is 37.8 Å². The molecule has 9 nitrogen and oxygen atoms in total. The Morgan fingerprint density at radius 1 is 1.32 bits per heavy atom. The van der Waals surface area contributed by atoms with Crippen LogP contribution in [0.3, 0.4) is 0 Å². The average Bonchev–Trinajstić information content (AvgIpc) is 3.36. The van der Waals surface area contributed by atoms with Crippen molar-refractivity contribution < 1.29 is 4.79 Å². The van der Waals surface area contributed by atoms with Crippen LogP contribution in [0, 0.1) is 12.8 Å². The van der Waals surface area contributed by atoms with Gasteiger partial charge in [0.2, 0.25) is 0 Å². The van der Waals surface area contributed by atoms with Crippen LogP contribution < -0.4 is 10.9 Å². The summed E-state index contributed by atoms with van der Waals surface area (Å²) in [6, 6.07) is 4.87. The molecule has 0 atom stereocenters. The van der Waals surface area contributed by atoms with Crippen molar-refractivity contribution in [1.82, 2.24) is 29.4 Å². The van der Waals surface area contributed by atoms with E-state index < -0.39 is 0 Å². The topological polar surface area (TPSA) is 97.9 Å². The van der Waals surface area contributed by atoms with Gasteiger partial charge in [0.05, 0.1) is 0 Å². The molecule has 3 aromatic rings. The minimum Gasteiger partial charge on any atom is -0.324 e. The monoisotopic (exact) mass is 399 g/mol. The number of nitrogens with one attached hydrogen (secondary N) is 1. The number of carbonyl (C=O) groups excluding carboxylic acids is 1. The standard InChI is InChI=1S/C18H21N7O2S/c1-13-11-19-17(28-13)21-18(27)23-9-5-14(6-10-23)12-25-16(26)4-3-15(22-25)24-8-2-7-20-24/h2-4,7-8,11,14H,5-6,9-10,12H2,1H3,(H,19,21,27). The van der Waals surface area contributed by atoms with E-state index in [1.807, 2.05) is 13.0 Å². The number of piperidine rings is 1. The molecule has 1 aliphatic heterocycles. The maximum atomic E-state index is 12.4. The fraction of sp³-hybridized carbons (Fsp3) is 0.389. The molecule has 0 unspecified atom stereocenters. The van der Waals surface area contributed by atoms with Crippen LogP contribution in [-0.4, -0.2) is 48.6 Å². The summed E-state index contributed by atoms with van der Waals surface area (Å²) in [4.78, 5) is 31.6. The van der Waals surface area contributed by atoms with Gasteiger partial charge in [-0.2, -0.15) is 5.10 Å². The molecule has 146 valence electrons. The van der Waals surface area contributed by atoms with Crippen molar-refractivity contribution in [3.63, 3.8) is 0 Å². The second-order valence-corrected chi connectivity index (χ2v) is 8.03. The van der Waals surface area contributed by atoms with Crippen molar-refractivity contribution >= 4 is 22.5 Å². The average molecular weight is 399 g/mol. The molecular weight excluding hydrogens is 378 g/mol. The van der Waals surface area contributed by atoms with Crippen LogP contribution in [0.1, 0.15) is 17.7 Å². The third-order valence-electron chi connectivity index (χ3n) is 4.76. The van der Waals surface area contributed by atoms with E-state index in [9.17, 15) is 9.59 Å². The first-order valence-electron chi connectivity index (χ1n) is 9.15. The normalized spacial score (nSPS) is 15.0. The third kappa shape index (κ3) is 4.11. The fourth-order valence-corrected chi connectivity index (χ4v) is 3.90. The molecular formula is C18H21N7O2S. The highest BCUT2D eigenvalue weighted by molar-refractivity contribution is 7.15. The maximum absolute atomic E-state index is 12.4. The number of carbonyl (C=O) groups is 1. The molecule has 1 aliphatic rings. The highest BCUT2D eigenvalue weighted by Crippen LogP contribution is 2.21. The Hall–Kier alpha value is -3.01. The number of anilines is 1. The van der Waals surface area contributed by atoms with E-state index >= 15 is 0 Å². The first-order chi connectivity index (χ1) is 13.6. The zero-order valence-electron chi connectivity index (χ0n) is 15.5. The maximum Gasteiger partial charge on any atom is 0.323 e. The number of aromatic nitrogens is 5. The quantitative estimate of drug-likeness (QED) is 0.725. The highest BCUT2D eigenvalue weighted by Gasteiger charge is 2.24. The zero-order valence-corrected chi connectivity index (χ0v) is 16.3. The van der Waals surface area contributed by atoms with Gasteiger partial charge in [-0.15, -0.1) is 16.4 Å². The molecule has 1 fully saturated rings. The summed E-state index contributed by atoms with van der Waals surface area (Å²) >= 11 is 1.46. The van der Waals surface area contributed by atoms with Crippen molar-refractivity contribution in [2.24, 2.45) is 5.92 Å². The lowest BCUT2D eigenvalue weighted by Crippen LogP contribution is -2.42. The smallest absolute Gasteiger partial charge is 0.323 e.